The zero-order valence-electron chi connectivity index (χ0n) is 10.4. The molecule has 0 aliphatic heterocycles. The molecule has 0 saturated heterocycles. The van der Waals surface area contributed by atoms with Crippen molar-refractivity contribution >= 4 is 11.3 Å². The SMILES string of the molecule is CC(C)(C)C(O)Cn1ccnc1-c1cccs1. The van der Waals surface area contributed by atoms with E-state index in [4.69, 9.17) is 0 Å². The molecular weight excluding hydrogens is 232 g/mol. The highest BCUT2D eigenvalue weighted by atomic mass is 32.1. The van der Waals surface area contributed by atoms with Gasteiger partial charge in [0.15, 0.2) is 0 Å². The minimum atomic E-state index is -0.379. The number of hydrogen-bond donors (Lipinski definition) is 1. The van der Waals surface area contributed by atoms with Crippen LogP contribution in [0.2, 0.25) is 0 Å². The summed E-state index contributed by atoms with van der Waals surface area (Å²) in [7, 11) is 0. The van der Waals surface area contributed by atoms with Gasteiger partial charge in [-0.2, -0.15) is 0 Å². The Hall–Kier alpha value is -1.13. The molecule has 4 heteroatoms. The maximum Gasteiger partial charge on any atom is 0.150 e. The molecule has 0 radical (unpaired) electrons. The number of aliphatic hydroxyl groups excluding tert-OH is 1. The van der Waals surface area contributed by atoms with Gasteiger partial charge in [-0.15, -0.1) is 11.3 Å². The smallest absolute Gasteiger partial charge is 0.150 e. The predicted octanol–water partition coefficient (Wildman–Crippen LogP) is 3.02. The van der Waals surface area contributed by atoms with E-state index in [1.54, 1.807) is 17.5 Å². The van der Waals surface area contributed by atoms with Gasteiger partial charge in [0.1, 0.15) is 5.82 Å². The third-order valence-electron chi connectivity index (χ3n) is 2.83. The lowest BCUT2D eigenvalue weighted by Crippen LogP contribution is -2.30. The molecule has 0 spiro atoms. The van der Waals surface area contributed by atoms with E-state index >= 15 is 0 Å². The Bertz CT molecular complexity index is 468. The molecule has 0 bridgehead atoms. The van der Waals surface area contributed by atoms with Crippen LogP contribution in [-0.2, 0) is 6.54 Å². The van der Waals surface area contributed by atoms with Crippen LogP contribution in [0.5, 0.6) is 0 Å². The normalized spacial score (nSPS) is 13.9. The first-order chi connectivity index (χ1) is 7.98. The molecule has 3 nitrogen and oxygen atoms in total. The second-order valence-corrected chi connectivity index (χ2v) is 6.21. The van der Waals surface area contributed by atoms with E-state index in [-0.39, 0.29) is 11.5 Å². The van der Waals surface area contributed by atoms with Gasteiger partial charge in [-0.1, -0.05) is 26.8 Å². The van der Waals surface area contributed by atoms with Crippen molar-refractivity contribution in [3.63, 3.8) is 0 Å². The van der Waals surface area contributed by atoms with Gasteiger partial charge < -0.3 is 9.67 Å². The van der Waals surface area contributed by atoms with Crippen molar-refractivity contribution in [3.8, 4) is 10.7 Å². The molecular formula is C13H18N2OS. The minimum Gasteiger partial charge on any atom is -0.391 e. The van der Waals surface area contributed by atoms with Gasteiger partial charge in [0.05, 0.1) is 17.5 Å². The van der Waals surface area contributed by atoms with E-state index in [1.807, 2.05) is 49.0 Å². The van der Waals surface area contributed by atoms with Crippen molar-refractivity contribution in [3.05, 3.63) is 29.9 Å². The maximum atomic E-state index is 10.1. The van der Waals surface area contributed by atoms with Crippen LogP contribution >= 0.6 is 11.3 Å². The van der Waals surface area contributed by atoms with Crippen molar-refractivity contribution in [2.24, 2.45) is 5.41 Å². The second kappa shape index (κ2) is 4.63. The molecule has 0 aliphatic carbocycles. The van der Waals surface area contributed by atoms with Crippen LogP contribution in [0.25, 0.3) is 10.7 Å². The highest BCUT2D eigenvalue weighted by Gasteiger charge is 2.23. The van der Waals surface area contributed by atoms with E-state index in [0.717, 1.165) is 10.7 Å². The molecule has 1 unspecified atom stereocenters. The molecule has 2 rings (SSSR count). The lowest BCUT2D eigenvalue weighted by molar-refractivity contribution is 0.0485. The van der Waals surface area contributed by atoms with Gasteiger partial charge in [0, 0.05) is 12.4 Å². The molecule has 17 heavy (non-hydrogen) atoms. The number of thiophene rings is 1. The molecule has 0 amide bonds. The van der Waals surface area contributed by atoms with Crippen LogP contribution < -0.4 is 0 Å². The first kappa shape index (κ1) is 12.3. The highest BCUT2D eigenvalue weighted by molar-refractivity contribution is 7.13. The zero-order valence-corrected chi connectivity index (χ0v) is 11.2. The quantitative estimate of drug-likeness (QED) is 0.909. The number of imidazole rings is 1. The lowest BCUT2D eigenvalue weighted by atomic mass is 9.89. The van der Waals surface area contributed by atoms with Crippen LogP contribution in [0.4, 0.5) is 0 Å². The molecule has 0 fully saturated rings. The average Bonchev–Trinajstić information content (AvgIpc) is 2.83. The Morgan fingerprint density at radius 3 is 2.82 bits per heavy atom. The average molecular weight is 250 g/mol. The molecule has 2 aromatic heterocycles. The van der Waals surface area contributed by atoms with Crippen molar-refractivity contribution in [1.29, 1.82) is 0 Å². The van der Waals surface area contributed by atoms with E-state index in [1.165, 1.54) is 0 Å². The molecule has 0 saturated carbocycles. The molecule has 2 aromatic rings. The number of rotatable bonds is 3. The third kappa shape index (κ3) is 2.76. The Balaban J connectivity index is 2.21. The number of aliphatic hydroxyl groups is 1. The monoisotopic (exact) mass is 250 g/mol. The summed E-state index contributed by atoms with van der Waals surface area (Å²) >= 11 is 1.66. The Kier molecular flexibility index (Phi) is 3.35. The summed E-state index contributed by atoms with van der Waals surface area (Å²) in [5, 5.41) is 12.2. The second-order valence-electron chi connectivity index (χ2n) is 5.26. The van der Waals surface area contributed by atoms with Crippen molar-refractivity contribution in [1.82, 2.24) is 9.55 Å². The summed E-state index contributed by atoms with van der Waals surface area (Å²) in [4.78, 5) is 5.49. The predicted molar refractivity (Wildman–Crippen MR) is 71.0 cm³/mol. The van der Waals surface area contributed by atoms with Crippen LogP contribution in [0.1, 0.15) is 20.8 Å². The Morgan fingerprint density at radius 1 is 1.47 bits per heavy atom. The van der Waals surface area contributed by atoms with Crippen LogP contribution in [0.3, 0.4) is 0 Å². The van der Waals surface area contributed by atoms with Gasteiger partial charge in [0.25, 0.3) is 0 Å². The first-order valence-electron chi connectivity index (χ1n) is 5.71. The van der Waals surface area contributed by atoms with Gasteiger partial charge >= 0.3 is 0 Å². The third-order valence-corrected chi connectivity index (χ3v) is 3.69. The lowest BCUT2D eigenvalue weighted by Gasteiger charge is -2.26. The van der Waals surface area contributed by atoms with Crippen LogP contribution in [0, 0.1) is 5.41 Å². The Labute approximate surface area is 106 Å². The fraction of sp³-hybridized carbons (Fsp3) is 0.462. The van der Waals surface area contributed by atoms with E-state index in [2.05, 4.69) is 4.98 Å². The topological polar surface area (TPSA) is 38.0 Å². The first-order valence-corrected chi connectivity index (χ1v) is 6.59. The summed E-state index contributed by atoms with van der Waals surface area (Å²) < 4.78 is 2.02. The largest absolute Gasteiger partial charge is 0.391 e. The summed E-state index contributed by atoms with van der Waals surface area (Å²) in [6.07, 6.45) is 3.32. The van der Waals surface area contributed by atoms with E-state index in [9.17, 15) is 5.11 Å². The molecule has 0 aliphatic rings. The fourth-order valence-corrected chi connectivity index (χ4v) is 2.28. The fourth-order valence-electron chi connectivity index (χ4n) is 1.55. The Morgan fingerprint density at radius 2 is 2.24 bits per heavy atom. The van der Waals surface area contributed by atoms with Crippen molar-refractivity contribution < 1.29 is 5.11 Å². The van der Waals surface area contributed by atoms with Crippen molar-refractivity contribution in [2.45, 2.75) is 33.4 Å². The number of nitrogens with zero attached hydrogens (tertiary/aromatic N) is 2. The van der Waals surface area contributed by atoms with Gasteiger partial charge in [-0.3, -0.25) is 0 Å². The molecule has 1 N–H and O–H groups in total. The number of hydrogen-bond acceptors (Lipinski definition) is 3. The van der Waals surface area contributed by atoms with Gasteiger partial charge in [-0.05, 0) is 16.9 Å². The zero-order chi connectivity index (χ0) is 12.5. The summed E-state index contributed by atoms with van der Waals surface area (Å²) in [6, 6.07) is 4.06. The van der Waals surface area contributed by atoms with Crippen LogP contribution in [0.15, 0.2) is 29.9 Å². The molecule has 92 valence electrons. The van der Waals surface area contributed by atoms with Crippen molar-refractivity contribution in [2.75, 3.05) is 0 Å². The highest BCUT2D eigenvalue weighted by Crippen LogP contribution is 2.25. The molecule has 1 atom stereocenters. The van der Waals surface area contributed by atoms with Gasteiger partial charge in [0.2, 0.25) is 0 Å². The minimum absolute atomic E-state index is 0.114. The van der Waals surface area contributed by atoms with E-state index < -0.39 is 0 Å². The van der Waals surface area contributed by atoms with E-state index in [0.29, 0.717) is 6.54 Å². The summed E-state index contributed by atoms with van der Waals surface area (Å²) in [5.74, 6) is 0.934. The summed E-state index contributed by atoms with van der Waals surface area (Å²) in [6.45, 7) is 6.70. The number of aromatic nitrogens is 2. The summed E-state index contributed by atoms with van der Waals surface area (Å²) in [5.41, 5.74) is -0.114. The molecule has 0 aromatic carbocycles. The van der Waals surface area contributed by atoms with Gasteiger partial charge in [-0.25, -0.2) is 4.98 Å². The maximum absolute atomic E-state index is 10.1. The van der Waals surface area contributed by atoms with Crippen LogP contribution in [-0.4, -0.2) is 20.8 Å². The molecule has 2 heterocycles. The standard InChI is InChI=1S/C13H18N2OS/c1-13(2,3)11(16)9-15-7-6-14-12(15)10-5-4-8-17-10/h4-8,11,16H,9H2,1-3H3.